The summed E-state index contributed by atoms with van der Waals surface area (Å²) in [6.07, 6.45) is 0. The molecule has 0 fully saturated rings. The van der Waals surface area contributed by atoms with Gasteiger partial charge in [0, 0.05) is 0 Å². The molecule has 0 heterocycles. The number of rotatable bonds is 2. The maximum atomic E-state index is 9.81. The van der Waals surface area contributed by atoms with Crippen LogP contribution in [0.4, 0.5) is 0 Å². The quantitative estimate of drug-likeness (QED) is 0.674. The molecule has 0 amide bonds. The van der Waals surface area contributed by atoms with Crippen molar-refractivity contribution in [2.24, 2.45) is 0 Å². The van der Waals surface area contributed by atoms with Crippen LogP contribution in [0.1, 0.15) is 0 Å². The van der Waals surface area contributed by atoms with Gasteiger partial charge in [0.2, 0.25) is 0 Å². The molecule has 0 radical (unpaired) electrons. The summed E-state index contributed by atoms with van der Waals surface area (Å²) < 4.78 is 1.14. The average molecular weight is 401 g/mol. The van der Waals surface area contributed by atoms with Crippen LogP contribution in [0.5, 0.6) is 17.2 Å². The molecule has 0 aliphatic heterocycles. The van der Waals surface area contributed by atoms with E-state index in [4.69, 9.17) is 17.9 Å². The molecule has 0 bridgehead atoms. The Hall–Kier alpha value is -0.790. The second-order valence-electron chi connectivity index (χ2n) is 3.61. The van der Waals surface area contributed by atoms with Gasteiger partial charge in [-0.1, -0.05) is 0 Å². The van der Waals surface area contributed by atoms with Gasteiger partial charge >= 0.3 is 116 Å². The summed E-state index contributed by atoms with van der Waals surface area (Å²) >= 11 is -3.67. The molecule has 18 heavy (non-hydrogen) atoms. The fourth-order valence-corrected chi connectivity index (χ4v) is 8.29. The number of halogens is 2. The monoisotopic (exact) mass is 402 g/mol. The number of benzene rings is 2. The summed E-state index contributed by atoms with van der Waals surface area (Å²) in [7, 11) is 12.9. The van der Waals surface area contributed by atoms with E-state index in [-0.39, 0.29) is 17.2 Å². The zero-order valence-electron chi connectivity index (χ0n) is 9.05. The molecule has 3 N–H and O–H groups in total. The average Bonchev–Trinajstić information content (AvgIpc) is 2.29. The molecular weight excluding hydrogens is 391 g/mol. The van der Waals surface area contributed by atoms with E-state index in [1.165, 1.54) is 30.3 Å². The van der Waals surface area contributed by atoms with Crippen molar-refractivity contribution in [3.05, 3.63) is 42.5 Å². The Bertz CT molecular complexity index is 570. The first-order valence-corrected chi connectivity index (χ1v) is 13.2. The molecule has 0 spiro atoms. The van der Waals surface area contributed by atoms with Crippen LogP contribution in [-0.2, 0) is 0 Å². The minimum atomic E-state index is -3.67. The van der Waals surface area contributed by atoms with Gasteiger partial charge in [-0.25, -0.2) is 0 Å². The molecular formula is C12H10Cl2O3Te. The van der Waals surface area contributed by atoms with Crippen LogP contribution >= 0.6 is 17.9 Å². The zero-order valence-corrected chi connectivity index (χ0v) is 12.9. The van der Waals surface area contributed by atoms with E-state index in [1.807, 2.05) is 0 Å². The van der Waals surface area contributed by atoms with Gasteiger partial charge in [-0.05, 0) is 0 Å². The van der Waals surface area contributed by atoms with E-state index >= 15 is 0 Å². The van der Waals surface area contributed by atoms with Crippen LogP contribution < -0.4 is 7.22 Å². The Morgan fingerprint density at radius 3 is 1.89 bits per heavy atom. The number of phenols is 3. The Kier molecular flexibility index (Phi) is 3.84. The van der Waals surface area contributed by atoms with Crippen LogP contribution in [0.2, 0.25) is 0 Å². The maximum absolute atomic E-state index is 9.81. The third-order valence-corrected chi connectivity index (χ3v) is 12.0. The van der Waals surface area contributed by atoms with E-state index in [1.54, 1.807) is 12.1 Å². The van der Waals surface area contributed by atoms with Crippen molar-refractivity contribution in [3.8, 4) is 17.2 Å². The standard InChI is InChI=1S/C12H10Cl2O3Te/c13-18(14,10-4-1-8(15)2-5-10)12-6-3-9(16)7-11(12)17/h1-7,15-17H. The van der Waals surface area contributed by atoms with Crippen molar-refractivity contribution in [3.63, 3.8) is 0 Å². The Morgan fingerprint density at radius 1 is 0.778 bits per heavy atom. The molecule has 0 aromatic heterocycles. The summed E-state index contributed by atoms with van der Waals surface area (Å²) in [4.78, 5) is 0. The fourth-order valence-electron chi connectivity index (χ4n) is 1.47. The Labute approximate surface area is 116 Å². The first-order valence-electron chi connectivity index (χ1n) is 4.95. The van der Waals surface area contributed by atoms with Gasteiger partial charge in [-0.15, -0.1) is 0 Å². The van der Waals surface area contributed by atoms with E-state index in [9.17, 15) is 15.3 Å². The van der Waals surface area contributed by atoms with Gasteiger partial charge in [0.1, 0.15) is 0 Å². The van der Waals surface area contributed by atoms with E-state index in [2.05, 4.69) is 0 Å². The van der Waals surface area contributed by atoms with Crippen LogP contribution in [0.3, 0.4) is 0 Å². The first kappa shape index (κ1) is 13.6. The number of hydrogen-bond donors (Lipinski definition) is 3. The van der Waals surface area contributed by atoms with Crippen LogP contribution in [-0.4, -0.2) is 31.3 Å². The molecule has 0 aliphatic carbocycles. The molecule has 2 rings (SSSR count). The Balaban J connectivity index is 2.50. The van der Waals surface area contributed by atoms with Crippen LogP contribution in [0, 0.1) is 0 Å². The van der Waals surface area contributed by atoms with Crippen molar-refractivity contribution in [2.45, 2.75) is 0 Å². The SMILES string of the molecule is Oc1ccc([Te](Cl)(Cl)c2ccc(O)cc2O)cc1. The van der Waals surface area contributed by atoms with E-state index in [0.717, 1.165) is 0 Å². The van der Waals surface area contributed by atoms with Crippen LogP contribution in [0.25, 0.3) is 0 Å². The predicted octanol–water partition coefficient (Wildman–Crippen LogP) is 1.84. The summed E-state index contributed by atoms with van der Waals surface area (Å²) in [5.74, 6) is -0.0381. The second kappa shape index (κ2) is 5.06. The summed E-state index contributed by atoms with van der Waals surface area (Å²) in [6, 6.07) is 10.4. The third kappa shape index (κ3) is 2.62. The summed E-state index contributed by atoms with van der Waals surface area (Å²) in [5.41, 5.74) is 0. The van der Waals surface area contributed by atoms with Crippen molar-refractivity contribution in [2.75, 3.05) is 0 Å². The van der Waals surface area contributed by atoms with Crippen molar-refractivity contribution < 1.29 is 15.3 Å². The normalized spacial score (nSPS) is 12.3. The molecule has 3 nitrogen and oxygen atoms in total. The van der Waals surface area contributed by atoms with Gasteiger partial charge in [0.15, 0.2) is 0 Å². The first-order chi connectivity index (χ1) is 8.41. The fraction of sp³-hybridized carbons (Fsp3) is 0. The van der Waals surface area contributed by atoms with E-state index < -0.39 is 15.9 Å². The molecule has 96 valence electrons. The topological polar surface area (TPSA) is 60.7 Å². The van der Waals surface area contributed by atoms with Gasteiger partial charge in [-0.2, -0.15) is 0 Å². The van der Waals surface area contributed by atoms with Crippen molar-refractivity contribution in [1.29, 1.82) is 0 Å². The van der Waals surface area contributed by atoms with Gasteiger partial charge in [0.25, 0.3) is 0 Å². The van der Waals surface area contributed by atoms with Crippen molar-refractivity contribution >= 4 is 41.1 Å². The minimum absolute atomic E-state index is 0.0473. The van der Waals surface area contributed by atoms with Gasteiger partial charge in [0.05, 0.1) is 0 Å². The Morgan fingerprint density at radius 2 is 1.33 bits per heavy atom. The van der Waals surface area contributed by atoms with E-state index in [0.29, 0.717) is 7.22 Å². The zero-order chi connectivity index (χ0) is 13.3. The number of aromatic hydroxyl groups is 3. The summed E-state index contributed by atoms with van der Waals surface area (Å²) in [6.45, 7) is 0. The van der Waals surface area contributed by atoms with Crippen LogP contribution in [0.15, 0.2) is 42.5 Å². The second-order valence-corrected chi connectivity index (χ2v) is 16.2. The number of phenolic OH excluding ortho intramolecular Hbond substituents is 3. The van der Waals surface area contributed by atoms with Crippen molar-refractivity contribution in [1.82, 2.24) is 0 Å². The molecule has 2 aromatic rings. The van der Waals surface area contributed by atoms with Gasteiger partial charge in [-0.3, -0.25) is 0 Å². The molecule has 0 aliphatic rings. The predicted molar refractivity (Wildman–Crippen MR) is 74.6 cm³/mol. The molecule has 2 aromatic carbocycles. The molecule has 0 atom stereocenters. The van der Waals surface area contributed by atoms with Gasteiger partial charge < -0.3 is 0 Å². The third-order valence-electron chi connectivity index (χ3n) is 2.35. The summed E-state index contributed by atoms with van der Waals surface area (Å²) in [5, 5.41) is 28.3. The molecule has 0 saturated heterocycles. The molecule has 0 unspecified atom stereocenters. The molecule has 6 heteroatoms. The number of hydrogen-bond acceptors (Lipinski definition) is 3. The molecule has 0 saturated carbocycles.